The molecule has 4 N–H and O–H groups in total. The van der Waals surface area contributed by atoms with E-state index in [1.807, 2.05) is 25.3 Å². The van der Waals surface area contributed by atoms with Gasteiger partial charge in [0.25, 0.3) is 0 Å². The highest BCUT2D eigenvalue weighted by molar-refractivity contribution is 6.41. The molecular formula is C31H30Cl2N8O4. The predicted octanol–water partition coefficient (Wildman–Crippen LogP) is 5.99. The number of nitrogens with one attached hydrogen (secondary N) is 3. The van der Waals surface area contributed by atoms with Gasteiger partial charge in [-0.05, 0) is 30.7 Å². The molecule has 0 radical (unpaired) electrons. The van der Waals surface area contributed by atoms with Gasteiger partial charge in [-0.15, -0.1) is 0 Å². The Balaban J connectivity index is 1.62. The number of ether oxygens (including phenoxy) is 2. The monoisotopic (exact) mass is 648 g/mol. The van der Waals surface area contributed by atoms with Gasteiger partial charge in [0.15, 0.2) is 5.82 Å². The van der Waals surface area contributed by atoms with Crippen molar-refractivity contribution in [1.29, 1.82) is 0 Å². The first-order chi connectivity index (χ1) is 21.8. The van der Waals surface area contributed by atoms with Crippen molar-refractivity contribution >= 4 is 63.2 Å². The highest BCUT2D eigenvalue weighted by Crippen LogP contribution is 2.46. The smallest absolute Gasteiger partial charge is 0.247 e. The first kappa shape index (κ1) is 31.5. The molecule has 1 amide bonds. The van der Waals surface area contributed by atoms with Crippen molar-refractivity contribution in [3.8, 4) is 22.8 Å². The SMILES string of the molecule is C=CC(=O)Nc1cccc(C)c1Nc1ncc2cc(-c3c(Cl)c(OC)cc(OC)c3Cl)nc(NCc3cnn(CCO)c3)c2n1. The van der Waals surface area contributed by atoms with Crippen LogP contribution in [-0.2, 0) is 17.9 Å². The molecule has 0 aliphatic carbocycles. The van der Waals surface area contributed by atoms with Crippen molar-refractivity contribution in [2.75, 3.05) is 36.8 Å². The molecule has 12 nitrogen and oxygen atoms in total. The highest BCUT2D eigenvalue weighted by atomic mass is 35.5. The molecule has 0 fully saturated rings. The standard InChI is InChI=1S/C31H30Cl2N8O4/c1-5-24(43)37-20-8-6-7-17(2)28(20)39-31-35-15-19-11-21(25-26(32)22(44-3)12-23(45-4)27(25)33)38-30(29(19)40-31)34-13-18-14-36-41(16-18)9-10-42/h5-8,11-12,14-16,42H,1,9-10,13H2,2-4H3,(H,34,38)(H,37,43)(H,35,39,40). The molecule has 3 heterocycles. The summed E-state index contributed by atoms with van der Waals surface area (Å²) in [5, 5.41) is 24.1. The Bertz CT molecular complexity index is 1870. The van der Waals surface area contributed by atoms with Gasteiger partial charge in [-0.25, -0.2) is 15.0 Å². The maximum Gasteiger partial charge on any atom is 0.247 e. The lowest BCUT2D eigenvalue weighted by molar-refractivity contribution is -0.111. The van der Waals surface area contributed by atoms with Crippen LogP contribution in [-0.4, -0.2) is 56.6 Å². The lowest BCUT2D eigenvalue weighted by Crippen LogP contribution is -2.11. The Morgan fingerprint density at radius 2 is 1.87 bits per heavy atom. The van der Waals surface area contributed by atoms with Crippen molar-refractivity contribution in [3.63, 3.8) is 0 Å². The number of rotatable bonds is 12. The highest BCUT2D eigenvalue weighted by Gasteiger charge is 2.22. The number of amides is 1. The number of hydrogen-bond donors (Lipinski definition) is 4. The minimum absolute atomic E-state index is 0.0269. The van der Waals surface area contributed by atoms with E-state index in [4.69, 9.17) is 42.6 Å². The summed E-state index contributed by atoms with van der Waals surface area (Å²) in [6.45, 7) is 6.13. The molecule has 0 atom stereocenters. The summed E-state index contributed by atoms with van der Waals surface area (Å²) < 4.78 is 12.6. The zero-order valence-electron chi connectivity index (χ0n) is 24.7. The molecule has 14 heteroatoms. The van der Waals surface area contributed by atoms with Crippen LogP contribution in [0.1, 0.15) is 11.1 Å². The van der Waals surface area contributed by atoms with Gasteiger partial charge in [-0.3, -0.25) is 9.48 Å². The molecular weight excluding hydrogens is 619 g/mol. The number of benzene rings is 2. The van der Waals surface area contributed by atoms with E-state index in [0.29, 0.717) is 63.9 Å². The molecule has 0 saturated carbocycles. The number of anilines is 4. The summed E-state index contributed by atoms with van der Waals surface area (Å²) in [6, 6.07) is 8.89. The molecule has 0 spiro atoms. The van der Waals surface area contributed by atoms with E-state index in [-0.39, 0.29) is 28.5 Å². The number of halogens is 2. The molecule has 45 heavy (non-hydrogen) atoms. The Labute approximate surface area is 269 Å². The van der Waals surface area contributed by atoms with Gasteiger partial charge in [-0.1, -0.05) is 41.9 Å². The van der Waals surface area contributed by atoms with Gasteiger partial charge in [0.05, 0.1) is 60.7 Å². The fraction of sp³-hybridized carbons (Fsp3) is 0.194. The van der Waals surface area contributed by atoms with Crippen LogP contribution in [0.15, 0.2) is 61.6 Å². The average Bonchev–Trinajstić information content (AvgIpc) is 3.49. The summed E-state index contributed by atoms with van der Waals surface area (Å²) in [7, 11) is 3.00. The quantitative estimate of drug-likeness (QED) is 0.119. The van der Waals surface area contributed by atoms with E-state index in [1.54, 1.807) is 35.3 Å². The second-order valence-electron chi connectivity index (χ2n) is 9.78. The number of aromatic nitrogens is 5. The topological polar surface area (TPSA) is 148 Å². The number of carbonyl (C=O) groups is 1. The van der Waals surface area contributed by atoms with Gasteiger partial charge in [0, 0.05) is 41.5 Å². The Hall–Kier alpha value is -4.91. The minimum Gasteiger partial charge on any atom is -0.495 e. The van der Waals surface area contributed by atoms with Crippen LogP contribution in [0.5, 0.6) is 11.5 Å². The number of pyridine rings is 1. The summed E-state index contributed by atoms with van der Waals surface area (Å²) in [4.78, 5) is 26.3. The van der Waals surface area contributed by atoms with Crippen molar-refractivity contribution in [3.05, 3.63) is 82.7 Å². The molecule has 0 aliphatic heterocycles. The zero-order chi connectivity index (χ0) is 32.1. The third-order valence-corrected chi connectivity index (χ3v) is 7.57. The lowest BCUT2D eigenvalue weighted by Gasteiger charge is -2.17. The first-order valence-corrected chi connectivity index (χ1v) is 14.5. The van der Waals surface area contributed by atoms with E-state index >= 15 is 0 Å². The summed E-state index contributed by atoms with van der Waals surface area (Å²) >= 11 is 13.5. The molecule has 232 valence electrons. The number of aliphatic hydroxyl groups is 1. The van der Waals surface area contributed by atoms with Crippen molar-refractivity contribution in [2.45, 2.75) is 20.0 Å². The van der Waals surface area contributed by atoms with E-state index in [1.165, 1.54) is 20.3 Å². The molecule has 0 unspecified atom stereocenters. The third kappa shape index (κ3) is 6.78. The minimum atomic E-state index is -0.347. The van der Waals surface area contributed by atoms with E-state index in [9.17, 15) is 9.90 Å². The van der Waals surface area contributed by atoms with Crippen LogP contribution < -0.4 is 25.4 Å². The fourth-order valence-corrected chi connectivity index (χ4v) is 5.30. The van der Waals surface area contributed by atoms with Crippen molar-refractivity contribution in [2.24, 2.45) is 0 Å². The molecule has 3 aromatic heterocycles. The Morgan fingerprint density at radius 1 is 1.11 bits per heavy atom. The zero-order valence-corrected chi connectivity index (χ0v) is 26.2. The summed E-state index contributed by atoms with van der Waals surface area (Å²) in [6.07, 6.45) is 6.38. The summed E-state index contributed by atoms with van der Waals surface area (Å²) in [5.74, 6) is 1.09. The van der Waals surface area contributed by atoms with Crippen molar-refractivity contribution < 1.29 is 19.4 Å². The molecule has 5 rings (SSSR count). The second-order valence-corrected chi connectivity index (χ2v) is 10.5. The number of nitrogens with zero attached hydrogens (tertiary/aromatic N) is 5. The number of fused-ring (bicyclic) bond motifs is 1. The van der Waals surface area contributed by atoms with Gasteiger partial charge in [0.2, 0.25) is 11.9 Å². The van der Waals surface area contributed by atoms with Crippen LogP contribution in [0, 0.1) is 6.92 Å². The van der Waals surface area contributed by atoms with Gasteiger partial charge < -0.3 is 30.5 Å². The van der Waals surface area contributed by atoms with Gasteiger partial charge in [0.1, 0.15) is 17.0 Å². The van der Waals surface area contributed by atoms with E-state index in [0.717, 1.165) is 11.1 Å². The van der Waals surface area contributed by atoms with Crippen LogP contribution >= 0.6 is 23.2 Å². The molecule has 5 aromatic rings. The fourth-order valence-electron chi connectivity index (χ4n) is 4.60. The maximum atomic E-state index is 12.1. The van der Waals surface area contributed by atoms with Gasteiger partial charge >= 0.3 is 0 Å². The average molecular weight is 650 g/mol. The summed E-state index contributed by atoms with van der Waals surface area (Å²) in [5.41, 5.74) is 4.26. The number of para-hydroxylation sites is 1. The predicted molar refractivity (Wildman–Crippen MR) is 176 cm³/mol. The maximum absolute atomic E-state index is 12.1. The number of aliphatic hydroxyl groups excluding tert-OH is 1. The van der Waals surface area contributed by atoms with E-state index in [2.05, 4.69) is 32.6 Å². The van der Waals surface area contributed by atoms with E-state index < -0.39 is 0 Å². The van der Waals surface area contributed by atoms with Gasteiger partial charge in [-0.2, -0.15) is 5.10 Å². The second kappa shape index (κ2) is 13.8. The molecule has 2 aromatic carbocycles. The first-order valence-electron chi connectivity index (χ1n) is 13.7. The number of hydrogen-bond acceptors (Lipinski definition) is 10. The largest absolute Gasteiger partial charge is 0.495 e. The Morgan fingerprint density at radius 3 is 2.56 bits per heavy atom. The third-order valence-electron chi connectivity index (χ3n) is 6.82. The lowest BCUT2D eigenvalue weighted by atomic mass is 10.1. The normalized spacial score (nSPS) is 10.9. The molecule has 0 bridgehead atoms. The number of methoxy groups -OCH3 is 2. The molecule has 0 saturated heterocycles. The Kier molecular flexibility index (Phi) is 9.67. The number of carbonyl (C=O) groups excluding carboxylic acids is 1. The van der Waals surface area contributed by atoms with Crippen LogP contribution in [0.2, 0.25) is 10.0 Å². The van der Waals surface area contributed by atoms with Crippen LogP contribution in [0.3, 0.4) is 0 Å². The molecule has 0 aliphatic rings. The van der Waals surface area contributed by atoms with Crippen LogP contribution in [0.4, 0.5) is 23.1 Å². The van der Waals surface area contributed by atoms with Crippen LogP contribution in [0.25, 0.3) is 22.2 Å². The number of aryl methyl sites for hydroxylation is 1. The van der Waals surface area contributed by atoms with Crippen molar-refractivity contribution in [1.82, 2.24) is 24.7 Å².